The van der Waals surface area contributed by atoms with Crippen LogP contribution in [0.3, 0.4) is 0 Å². The number of aryl methyl sites for hydroxylation is 2. The van der Waals surface area contributed by atoms with Crippen LogP contribution in [0, 0.1) is 12.8 Å². The third-order valence-electron chi connectivity index (χ3n) is 5.67. The van der Waals surface area contributed by atoms with Gasteiger partial charge in [-0.25, -0.2) is 4.98 Å². The number of methoxy groups -OCH3 is 2. The van der Waals surface area contributed by atoms with Crippen molar-refractivity contribution < 1.29 is 23.7 Å². The van der Waals surface area contributed by atoms with E-state index in [1.807, 2.05) is 13.0 Å². The molecule has 0 radical (unpaired) electrons. The van der Waals surface area contributed by atoms with E-state index < -0.39 is 0 Å². The predicted octanol–water partition coefficient (Wildman–Crippen LogP) is 3.85. The molecule has 150 valence electrons. The van der Waals surface area contributed by atoms with Gasteiger partial charge in [0.05, 0.1) is 38.4 Å². The first-order valence-corrected chi connectivity index (χ1v) is 9.95. The van der Waals surface area contributed by atoms with Crippen molar-refractivity contribution in [2.24, 2.45) is 5.92 Å². The molecule has 1 aromatic carbocycles. The number of fused-ring (bicyclic) bond motifs is 2. The Morgan fingerprint density at radius 3 is 2.64 bits per heavy atom. The standard InChI is InChI=1S/C22H27NO5/c1-13-11-16-12-15-6-5-14(7-8-17-27-9-4-10-28-17)20(24)18(15)21(25-2)19(16)22(23-13)26-3/h11-12,14,17H,4-10H2,1-3H3. The minimum Gasteiger partial charge on any atom is -0.495 e. The molecule has 1 fully saturated rings. The Morgan fingerprint density at radius 1 is 1.14 bits per heavy atom. The lowest BCUT2D eigenvalue weighted by molar-refractivity contribution is -0.182. The lowest BCUT2D eigenvalue weighted by atomic mass is 9.79. The number of Topliss-reactive ketones (excluding diaryl/α,β-unsaturated/α-hetero) is 1. The van der Waals surface area contributed by atoms with Crippen LogP contribution < -0.4 is 9.47 Å². The molecule has 2 aromatic rings. The molecular weight excluding hydrogens is 358 g/mol. The molecule has 0 spiro atoms. The first kappa shape index (κ1) is 19.2. The molecule has 1 unspecified atom stereocenters. The molecule has 6 heteroatoms. The van der Waals surface area contributed by atoms with Crippen molar-refractivity contribution >= 4 is 16.6 Å². The van der Waals surface area contributed by atoms with Crippen LogP contribution in [0.2, 0.25) is 0 Å². The second kappa shape index (κ2) is 8.05. The van der Waals surface area contributed by atoms with E-state index in [2.05, 4.69) is 11.1 Å². The highest BCUT2D eigenvalue weighted by molar-refractivity contribution is 6.09. The average molecular weight is 385 g/mol. The SMILES string of the molecule is COc1nc(C)cc2cc3c(c(OC)c12)C(=O)C(CCC1OCCCO1)CC3. The third-order valence-corrected chi connectivity index (χ3v) is 5.67. The maximum Gasteiger partial charge on any atom is 0.225 e. The number of hydrogen-bond donors (Lipinski definition) is 0. The first-order chi connectivity index (χ1) is 13.6. The van der Waals surface area contributed by atoms with Gasteiger partial charge >= 0.3 is 0 Å². The molecule has 4 rings (SSSR count). The molecule has 2 aliphatic rings. The Kier molecular flexibility index (Phi) is 5.51. The van der Waals surface area contributed by atoms with Crippen molar-refractivity contribution in [2.75, 3.05) is 27.4 Å². The average Bonchev–Trinajstić information content (AvgIpc) is 2.71. The zero-order valence-electron chi connectivity index (χ0n) is 16.7. The molecule has 1 aliphatic heterocycles. The largest absolute Gasteiger partial charge is 0.495 e. The summed E-state index contributed by atoms with van der Waals surface area (Å²) in [5, 5.41) is 1.76. The molecule has 28 heavy (non-hydrogen) atoms. The van der Waals surface area contributed by atoms with Crippen LogP contribution in [0.1, 0.15) is 47.3 Å². The van der Waals surface area contributed by atoms with Gasteiger partial charge in [-0.05, 0) is 62.1 Å². The normalized spacial score (nSPS) is 20.2. The Morgan fingerprint density at radius 2 is 1.93 bits per heavy atom. The highest BCUT2D eigenvalue weighted by Gasteiger charge is 2.33. The molecule has 1 aromatic heterocycles. The minimum absolute atomic E-state index is 0.0441. The van der Waals surface area contributed by atoms with Gasteiger partial charge in [0.2, 0.25) is 5.88 Å². The van der Waals surface area contributed by atoms with Crippen molar-refractivity contribution in [3.63, 3.8) is 0 Å². The number of hydrogen-bond acceptors (Lipinski definition) is 6. The van der Waals surface area contributed by atoms with Crippen LogP contribution in [-0.2, 0) is 15.9 Å². The van der Waals surface area contributed by atoms with E-state index in [0.717, 1.165) is 67.3 Å². The van der Waals surface area contributed by atoms with Crippen LogP contribution in [-0.4, -0.2) is 44.5 Å². The maximum atomic E-state index is 13.4. The van der Waals surface area contributed by atoms with Crippen molar-refractivity contribution in [1.29, 1.82) is 0 Å². The molecule has 1 saturated heterocycles. The highest BCUT2D eigenvalue weighted by atomic mass is 16.7. The monoisotopic (exact) mass is 385 g/mol. The van der Waals surface area contributed by atoms with Gasteiger partial charge in [0.15, 0.2) is 12.1 Å². The van der Waals surface area contributed by atoms with Crippen LogP contribution >= 0.6 is 0 Å². The number of aromatic nitrogens is 1. The molecule has 0 amide bonds. The predicted molar refractivity (Wildman–Crippen MR) is 105 cm³/mol. The van der Waals surface area contributed by atoms with Crippen molar-refractivity contribution in [3.8, 4) is 11.6 Å². The molecule has 1 aliphatic carbocycles. The number of ketones is 1. The summed E-state index contributed by atoms with van der Waals surface area (Å²) in [6.07, 6.45) is 3.95. The van der Waals surface area contributed by atoms with E-state index in [0.29, 0.717) is 17.2 Å². The molecule has 2 heterocycles. The topological polar surface area (TPSA) is 66.9 Å². The zero-order chi connectivity index (χ0) is 19.7. The fraction of sp³-hybridized carbons (Fsp3) is 0.545. The van der Waals surface area contributed by atoms with E-state index in [9.17, 15) is 4.79 Å². The summed E-state index contributed by atoms with van der Waals surface area (Å²) in [5.74, 6) is 1.17. The second-order valence-electron chi connectivity index (χ2n) is 7.52. The fourth-order valence-corrected chi connectivity index (χ4v) is 4.34. The van der Waals surface area contributed by atoms with Gasteiger partial charge in [-0.1, -0.05) is 0 Å². The lowest BCUT2D eigenvalue weighted by Crippen LogP contribution is -2.28. The van der Waals surface area contributed by atoms with Gasteiger partial charge in [0, 0.05) is 11.6 Å². The number of carbonyl (C=O) groups is 1. The van der Waals surface area contributed by atoms with E-state index in [1.54, 1.807) is 14.2 Å². The Balaban J connectivity index is 1.68. The van der Waals surface area contributed by atoms with Crippen LogP contribution in [0.4, 0.5) is 0 Å². The van der Waals surface area contributed by atoms with Gasteiger partial charge in [-0.2, -0.15) is 0 Å². The molecule has 6 nitrogen and oxygen atoms in total. The van der Waals surface area contributed by atoms with Crippen molar-refractivity contribution in [1.82, 2.24) is 4.98 Å². The van der Waals surface area contributed by atoms with E-state index in [1.165, 1.54) is 0 Å². The number of ether oxygens (including phenoxy) is 4. The summed E-state index contributed by atoms with van der Waals surface area (Å²) in [6.45, 7) is 3.40. The summed E-state index contributed by atoms with van der Waals surface area (Å²) in [5.41, 5.74) is 2.60. The van der Waals surface area contributed by atoms with Crippen molar-refractivity contribution in [2.45, 2.75) is 45.3 Å². The Bertz CT molecular complexity index is 888. The van der Waals surface area contributed by atoms with Crippen LogP contribution in [0.15, 0.2) is 12.1 Å². The smallest absolute Gasteiger partial charge is 0.225 e. The molecule has 0 bridgehead atoms. The second-order valence-corrected chi connectivity index (χ2v) is 7.52. The van der Waals surface area contributed by atoms with Gasteiger partial charge < -0.3 is 18.9 Å². The van der Waals surface area contributed by atoms with Gasteiger partial charge in [0.1, 0.15) is 5.75 Å². The zero-order valence-corrected chi connectivity index (χ0v) is 16.7. The highest BCUT2D eigenvalue weighted by Crippen LogP contribution is 2.42. The Hall–Kier alpha value is -2.18. The van der Waals surface area contributed by atoms with E-state index in [-0.39, 0.29) is 18.0 Å². The quantitative estimate of drug-likeness (QED) is 0.779. The summed E-state index contributed by atoms with van der Waals surface area (Å²) >= 11 is 0. The number of benzene rings is 1. The summed E-state index contributed by atoms with van der Waals surface area (Å²) in [7, 11) is 3.20. The van der Waals surface area contributed by atoms with Crippen molar-refractivity contribution in [3.05, 3.63) is 29.0 Å². The number of rotatable bonds is 5. The minimum atomic E-state index is -0.186. The molecule has 0 N–H and O–H groups in total. The Labute approximate surface area is 165 Å². The lowest BCUT2D eigenvalue weighted by Gasteiger charge is -2.28. The molecule has 0 saturated carbocycles. The first-order valence-electron chi connectivity index (χ1n) is 9.95. The van der Waals surface area contributed by atoms with Crippen LogP contribution in [0.25, 0.3) is 10.8 Å². The number of pyridine rings is 1. The summed E-state index contributed by atoms with van der Waals surface area (Å²) in [4.78, 5) is 17.8. The van der Waals surface area contributed by atoms with Gasteiger partial charge in [-0.15, -0.1) is 0 Å². The maximum absolute atomic E-state index is 13.4. The van der Waals surface area contributed by atoms with Crippen LogP contribution in [0.5, 0.6) is 11.6 Å². The number of carbonyl (C=O) groups excluding carboxylic acids is 1. The summed E-state index contributed by atoms with van der Waals surface area (Å²) in [6, 6.07) is 4.10. The summed E-state index contributed by atoms with van der Waals surface area (Å²) < 4.78 is 22.5. The fourth-order valence-electron chi connectivity index (χ4n) is 4.34. The third kappa shape index (κ3) is 3.47. The van der Waals surface area contributed by atoms with Gasteiger partial charge in [0.25, 0.3) is 0 Å². The van der Waals surface area contributed by atoms with E-state index in [4.69, 9.17) is 18.9 Å². The molecular formula is C22H27NO5. The molecule has 1 atom stereocenters. The van der Waals surface area contributed by atoms with E-state index >= 15 is 0 Å². The number of nitrogens with zero attached hydrogens (tertiary/aromatic N) is 1. The van der Waals surface area contributed by atoms with Gasteiger partial charge in [-0.3, -0.25) is 4.79 Å².